The van der Waals surface area contributed by atoms with Gasteiger partial charge in [0.05, 0.1) is 22.8 Å². The summed E-state index contributed by atoms with van der Waals surface area (Å²) < 4.78 is 0. The summed E-state index contributed by atoms with van der Waals surface area (Å²) in [4.78, 5) is 20.2. The molecular formula is C94H68N4. The monoisotopic (exact) mass is 1250 g/mol. The molecule has 0 spiro atoms. The first-order valence-electron chi connectivity index (χ1n) is 33.8. The van der Waals surface area contributed by atoms with Gasteiger partial charge in [0, 0.05) is 44.2 Å². The van der Waals surface area contributed by atoms with E-state index in [1.54, 1.807) is 0 Å². The molecule has 0 fully saturated rings. The molecule has 0 aliphatic heterocycles. The molecule has 4 nitrogen and oxygen atoms in total. The molecule has 4 heteroatoms. The summed E-state index contributed by atoms with van der Waals surface area (Å²) in [7, 11) is 0. The van der Waals surface area contributed by atoms with E-state index in [0.717, 1.165) is 78.7 Å². The average molecular weight is 1250 g/mol. The van der Waals surface area contributed by atoms with Gasteiger partial charge in [0.15, 0.2) is 11.6 Å². The van der Waals surface area contributed by atoms with E-state index in [-0.39, 0.29) is 10.8 Å². The van der Waals surface area contributed by atoms with Gasteiger partial charge >= 0.3 is 0 Å². The van der Waals surface area contributed by atoms with E-state index in [2.05, 4.69) is 331 Å². The molecule has 0 atom stereocenters. The second-order valence-corrected chi connectivity index (χ2v) is 27.0. The van der Waals surface area contributed by atoms with Crippen LogP contribution >= 0.6 is 0 Å². The highest BCUT2D eigenvalue weighted by atomic mass is 14.9. The van der Waals surface area contributed by atoms with Gasteiger partial charge < -0.3 is 0 Å². The minimum absolute atomic E-state index is 0.0780. The molecule has 464 valence electrons. The van der Waals surface area contributed by atoms with Gasteiger partial charge in [-0.15, -0.1) is 0 Å². The number of rotatable bonds is 10. The molecule has 0 saturated carbocycles. The summed E-state index contributed by atoms with van der Waals surface area (Å²) in [6.45, 7) is 9.43. The van der Waals surface area contributed by atoms with Crippen LogP contribution in [0.1, 0.15) is 49.9 Å². The molecule has 0 saturated heterocycles. The van der Waals surface area contributed by atoms with Gasteiger partial charge in [-0.1, -0.05) is 295 Å². The van der Waals surface area contributed by atoms with Crippen molar-refractivity contribution in [2.75, 3.05) is 0 Å². The minimum Gasteiger partial charge on any atom is -0.228 e. The van der Waals surface area contributed by atoms with Crippen LogP contribution in [0.5, 0.6) is 0 Å². The first-order chi connectivity index (χ1) is 48.0. The Morgan fingerprint density at radius 1 is 0.173 bits per heavy atom. The van der Waals surface area contributed by atoms with Gasteiger partial charge in [0.2, 0.25) is 0 Å². The summed E-state index contributed by atoms with van der Waals surface area (Å²) in [5.74, 6) is 1.44. The van der Waals surface area contributed by atoms with E-state index < -0.39 is 0 Å². The standard InChI is InChI=1S/2C47H34N2/c1-47(2)42-29-38(23-24-40(42)41-27-36-17-9-10-18-37(36)28-43(41)47)34-20-11-19-33(25-34)35-21-12-22-39(26-35)45-30-44(31-13-5-3-6-14-31)48-46(49-45)32-15-7-4-8-16-32;1-47(2)42-29-38(23-24-40(42)41-27-36-17-9-10-18-37(36)28-43(41)47)34-20-11-19-33(25-34)35-21-12-22-39(26-35)46-48-44(31-13-5-3-6-14-31)30-45(49-46)32-15-7-4-8-16-32/h2*3-30H,1-2H3. The molecule has 0 unspecified atom stereocenters. The van der Waals surface area contributed by atoms with E-state index in [1.165, 1.54) is 93.9 Å². The molecule has 2 aromatic heterocycles. The van der Waals surface area contributed by atoms with Crippen LogP contribution in [0, 0.1) is 0 Å². The topological polar surface area (TPSA) is 51.6 Å². The highest BCUT2D eigenvalue weighted by Gasteiger charge is 2.37. The highest BCUT2D eigenvalue weighted by molar-refractivity contribution is 5.96. The van der Waals surface area contributed by atoms with E-state index >= 15 is 0 Å². The Bertz CT molecular complexity index is 5260. The average Bonchev–Trinajstić information content (AvgIpc) is 1.58. The minimum atomic E-state index is -0.0798. The summed E-state index contributed by atoms with van der Waals surface area (Å²) in [6.07, 6.45) is 0. The second kappa shape index (κ2) is 24.5. The fraction of sp³-hybridized carbons (Fsp3) is 0.0638. The summed E-state index contributed by atoms with van der Waals surface area (Å²) >= 11 is 0. The number of nitrogens with zero attached hydrogens (tertiary/aromatic N) is 4. The lowest BCUT2D eigenvalue weighted by Gasteiger charge is -2.22. The maximum absolute atomic E-state index is 5.07. The number of hydrogen-bond donors (Lipinski definition) is 0. The first-order valence-corrected chi connectivity index (χ1v) is 33.8. The van der Waals surface area contributed by atoms with E-state index in [1.807, 2.05) is 36.4 Å². The van der Waals surface area contributed by atoms with Crippen molar-refractivity contribution in [1.82, 2.24) is 19.9 Å². The fourth-order valence-electron chi connectivity index (χ4n) is 14.8. The SMILES string of the molecule is CC1(C)c2cc(-c3cccc(-c4cccc(-c5cc(-c6ccccc6)nc(-c6ccccc6)n5)c4)c3)ccc2-c2cc3ccccc3cc21.CC1(C)c2cc(-c3cccc(-c4cccc(-c5nc(-c6ccccc6)cc(-c6ccccc6)n5)c4)c3)ccc2-c2cc3ccccc3cc21. The fourth-order valence-corrected chi connectivity index (χ4v) is 14.8. The van der Waals surface area contributed by atoms with Crippen LogP contribution in [-0.4, -0.2) is 19.9 Å². The molecule has 16 aromatic rings. The molecular weight excluding hydrogens is 1190 g/mol. The van der Waals surface area contributed by atoms with Gasteiger partial charge in [0.1, 0.15) is 0 Å². The Labute approximate surface area is 573 Å². The van der Waals surface area contributed by atoms with Crippen molar-refractivity contribution in [2.45, 2.75) is 38.5 Å². The molecule has 0 N–H and O–H groups in total. The Morgan fingerprint density at radius 3 is 0.806 bits per heavy atom. The van der Waals surface area contributed by atoms with Crippen LogP contribution in [0.3, 0.4) is 0 Å². The van der Waals surface area contributed by atoms with Crippen molar-refractivity contribution in [2.24, 2.45) is 0 Å². The molecule has 2 aliphatic rings. The van der Waals surface area contributed by atoms with Crippen LogP contribution in [0.25, 0.3) is 156 Å². The van der Waals surface area contributed by atoms with Crippen LogP contribution in [-0.2, 0) is 10.8 Å². The third kappa shape index (κ3) is 11.1. The predicted molar refractivity (Wildman–Crippen MR) is 409 cm³/mol. The third-order valence-electron chi connectivity index (χ3n) is 20.1. The van der Waals surface area contributed by atoms with Crippen molar-refractivity contribution in [3.8, 4) is 135 Å². The Balaban J connectivity index is 0.000000147. The number of fused-ring (bicyclic) bond motifs is 8. The van der Waals surface area contributed by atoms with Crippen molar-refractivity contribution < 1.29 is 0 Å². The second-order valence-electron chi connectivity index (χ2n) is 27.0. The van der Waals surface area contributed by atoms with Crippen molar-refractivity contribution >= 4 is 21.5 Å². The molecule has 98 heavy (non-hydrogen) atoms. The van der Waals surface area contributed by atoms with Gasteiger partial charge in [-0.2, -0.15) is 0 Å². The summed E-state index contributed by atoms with van der Waals surface area (Å²) in [6, 6.07) is 121. The summed E-state index contributed by atoms with van der Waals surface area (Å²) in [5, 5.41) is 5.17. The maximum Gasteiger partial charge on any atom is 0.160 e. The molecule has 2 aliphatic carbocycles. The van der Waals surface area contributed by atoms with Gasteiger partial charge in [-0.05, 0) is 183 Å². The molecule has 18 rings (SSSR count). The van der Waals surface area contributed by atoms with Crippen LogP contribution in [0.4, 0.5) is 0 Å². The number of benzene rings is 14. The van der Waals surface area contributed by atoms with E-state index in [9.17, 15) is 0 Å². The van der Waals surface area contributed by atoms with Gasteiger partial charge in [-0.3, -0.25) is 0 Å². The third-order valence-corrected chi connectivity index (χ3v) is 20.1. The van der Waals surface area contributed by atoms with Crippen LogP contribution < -0.4 is 0 Å². The van der Waals surface area contributed by atoms with E-state index in [0.29, 0.717) is 5.82 Å². The smallest absolute Gasteiger partial charge is 0.160 e. The number of hydrogen-bond acceptors (Lipinski definition) is 4. The molecule has 14 aromatic carbocycles. The van der Waals surface area contributed by atoms with Crippen molar-refractivity contribution in [3.63, 3.8) is 0 Å². The van der Waals surface area contributed by atoms with Crippen molar-refractivity contribution in [3.05, 3.63) is 362 Å². The first kappa shape index (κ1) is 59.5. The predicted octanol–water partition coefficient (Wildman–Crippen LogP) is 24.5. The zero-order chi connectivity index (χ0) is 65.9. The zero-order valence-electron chi connectivity index (χ0n) is 55.1. The number of aromatic nitrogens is 4. The molecule has 0 bridgehead atoms. The molecule has 0 amide bonds. The quantitative estimate of drug-likeness (QED) is 0.137. The Hall–Kier alpha value is -12.2. The normalized spacial score (nSPS) is 12.9. The lowest BCUT2D eigenvalue weighted by atomic mass is 9.81. The van der Waals surface area contributed by atoms with Crippen LogP contribution in [0.15, 0.2) is 340 Å². The van der Waals surface area contributed by atoms with Gasteiger partial charge in [0.25, 0.3) is 0 Å². The van der Waals surface area contributed by atoms with Gasteiger partial charge in [-0.25, -0.2) is 19.9 Å². The maximum atomic E-state index is 5.07. The molecule has 2 heterocycles. The van der Waals surface area contributed by atoms with Crippen molar-refractivity contribution in [1.29, 1.82) is 0 Å². The van der Waals surface area contributed by atoms with E-state index in [4.69, 9.17) is 19.9 Å². The highest BCUT2D eigenvalue weighted by Crippen LogP contribution is 2.53. The lowest BCUT2D eigenvalue weighted by Crippen LogP contribution is -2.15. The van der Waals surface area contributed by atoms with Crippen LogP contribution in [0.2, 0.25) is 0 Å². The zero-order valence-corrected chi connectivity index (χ0v) is 55.1. The Kier molecular flexibility index (Phi) is 14.9. The Morgan fingerprint density at radius 2 is 0.429 bits per heavy atom. The lowest BCUT2D eigenvalue weighted by molar-refractivity contribution is 0.661. The summed E-state index contributed by atoms with van der Waals surface area (Å²) in [5.41, 5.74) is 30.2. The molecule has 0 radical (unpaired) electrons. The largest absolute Gasteiger partial charge is 0.228 e.